The van der Waals surface area contributed by atoms with E-state index in [1.54, 1.807) is 13.8 Å². The molecule has 0 fully saturated rings. The zero-order valence-electron chi connectivity index (χ0n) is 8.83. The van der Waals surface area contributed by atoms with E-state index in [2.05, 4.69) is 6.08 Å². The fourth-order valence-corrected chi connectivity index (χ4v) is 1.16. The van der Waals surface area contributed by atoms with Crippen LogP contribution in [0.1, 0.15) is 20.3 Å². The minimum absolute atomic E-state index is 0. The number of alkyl halides is 3. The molecule has 1 aliphatic rings. The van der Waals surface area contributed by atoms with E-state index in [0.717, 1.165) is 0 Å². The summed E-state index contributed by atoms with van der Waals surface area (Å²) in [7, 11) is 0. The van der Waals surface area contributed by atoms with Crippen molar-refractivity contribution in [2.45, 2.75) is 32.5 Å². The fraction of sp³-hybridized carbons (Fsp3) is 0.750. The number of hydrogen-bond donors (Lipinski definition) is 0. The van der Waals surface area contributed by atoms with Gasteiger partial charge in [0.15, 0.2) is 0 Å². The van der Waals surface area contributed by atoms with Gasteiger partial charge in [-0.25, -0.2) is 0 Å². The van der Waals surface area contributed by atoms with Crippen molar-refractivity contribution in [3.63, 3.8) is 0 Å². The van der Waals surface area contributed by atoms with Gasteiger partial charge < -0.3 is 11.2 Å². The Hall–Kier alpha value is 0.685. The molecule has 14 heavy (non-hydrogen) atoms. The van der Waals surface area contributed by atoms with Crippen LogP contribution in [0.2, 0.25) is 0 Å². The van der Waals surface area contributed by atoms with Gasteiger partial charge in [0, 0.05) is 0 Å². The SMILES string of the molecule is CC1(C)C[C-]=C1C([O-])C(F)(F)F.[Li+].[Li+]. The second-order valence-electron chi connectivity index (χ2n) is 3.57. The Labute approximate surface area is 105 Å². The van der Waals surface area contributed by atoms with Gasteiger partial charge in [0.1, 0.15) is 0 Å². The van der Waals surface area contributed by atoms with E-state index >= 15 is 0 Å². The molecule has 6 heteroatoms. The van der Waals surface area contributed by atoms with Crippen LogP contribution in [0.3, 0.4) is 0 Å². The molecule has 1 aliphatic carbocycles. The molecule has 0 radical (unpaired) electrons. The summed E-state index contributed by atoms with van der Waals surface area (Å²) in [6.07, 6.45) is -4.38. The predicted octanol–water partition coefficient (Wildman–Crippen LogP) is -4.55. The van der Waals surface area contributed by atoms with Crippen LogP contribution < -0.4 is 42.8 Å². The minimum Gasteiger partial charge on any atom is -0.844 e. The molecular weight excluding hydrogens is 183 g/mol. The standard InChI is InChI=1S/C8H9F3O.2Li/c1-7(2)4-3-5(7)6(12)8(9,10)11;;/h6H,4H2,1-2H3;;/q-2;2*+1. The molecule has 0 N–H and O–H groups in total. The first kappa shape index (κ1) is 17.1. The Kier molecular flexibility index (Phi) is 6.28. The molecule has 0 spiro atoms. The summed E-state index contributed by atoms with van der Waals surface area (Å²) in [6, 6.07) is 0. The molecule has 0 aromatic carbocycles. The van der Waals surface area contributed by atoms with Crippen LogP contribution in [-0.4, -0.2) is 12.3 Å². The summed E-state index contributed by atoms with van der Waals surface area (Å²) in [6.45, 7) is 3.24. The molecule has 1 rings (SSSR count). The molecule has 0 bridgehead atoms. The molecule has 1 unspecified atom stereocenters. The van der Waals surface area contributed by atoms with Gasteiger partial charge in [-0.05, 0) is 6.10 Å². The van der Waals surface area contributed by atoms with Gasteiger partial charge in [-0.2, -0.15) is 19.6 Å². The molecule has 0 aromatic rings. The average molecular weight is 192 g/mol. The van der Waals surface area contributed by atoms with Crippen molar-refractivity contribution in [1.29, 1.82) is 0 Å². The maximum absolute atomic E-state index is 11.9. The third-order valence-corrected chi connectivity index (χ3v) is 2.01. The predicted molar refractivity (Wildman–Crippen MR) is 35.0 cm³/mol. The molecule has 0 saturated heterocycles. The maximum atomic E-state index is 11.9. The molecule has 70 valence electrons. The van der Waals surface area contributed by atoms with Crippen molar-refractivity contribution >= 4 is 0 Å². The third kappa shape index (κ3) is 3.37. The molecular formula is C8H9F3Li2O. The van der Waals surface area contributed by atoms with Gasteiger partial charge in [-0.3, -0.25) is 5.57 Å². The van der Waals surface area contributed by atoms with Gasteiger partial charge in [0.2, 0.25) is 0 Å². The van der Waals surface area contributed by atoms with Gasteiger partial charge in [0.25, 0.3) is 0 Å². The van der Waals surface area contributed by atoms with Crippen molar-refractivity contribution in [1.82, 2.24) is 0 Å². The Morgan fingerprint density at radius 1 is 1.36 bits per heavy atom. The minimum atomic E-state index is -4.67. The number of hydrogen-bond acceptors (Lipinski definition) is 1. The summed E-state index contributed by atoms with van der Waals surface area (Å²) in [4.78, 5) is 0. The fourth-order valence-electron chi connectivity index (χ4n) is 1.16. The van der Waals surface area contributed by atoms with E-state index in [1.807, 2.05) is 0 Å². The quantitative estimate of drug-likeness (QED) is 0.303. The summed E-state index contributed by atoms with van der Waals surface area (Å²) >= 11 is 0. The van der Waals surface area contributed by atoms with Crippen molar-refractivity contribution in [3.8, 4) is 0 Å². The second-order valence-corrected chi connectivity index (χ2v) is 3.57. The first-order chi connectivity index (χ1) is 5.25. The Morgan fingerprint density at radius 3 is 1.86 bits per heavy atom. The summed E-state index contributed by atoms with van der Waals surface area (Å²) in [5, 5.41) is 10.7. The zero-order chi connectivity index (χ0) is 9.57. The van der Waals surface area contributed by atoms with Gasteiger partial charge in [-0.1, -0.05) is 19.3 Å². The normalized spacial score (nSPS) is 20.9. The molecule has 0 aliphatic heterocycles. The van der Waals surface area contributed by atoms with Crippen LogP contribution in [-0.2, 0) is 0 Å². The first-order valence-electron chi connectivity index (χ1n) is 3.59. The van der Waals surface area contributed by atoms with Crippen LogP contribution in [0.15, 0.2) is 5.57 Å². The number of halogens is 3. The number of rotatable bonds is 1. The van der Waals surface area contributed by atoms with Crippen molar-refractivity contribution < 1.29 is 56.0 Å². The summed E-state index contributed by atoms with van der Waals surface area (Å²) in [5.74, 6) is 0. The summed E-state index contributed by atoms with van der Waals surface area (Å²) in [5.41, 5.74) is -0.753. The van der Waals surface area contributed by atoms with Crippen LogP contribution in [0.4, 0.5) is 13.2 Å². The van der Waals surface area contributed by atoms with E-state index in [1.165, 1.54) is 0 Å². The van der Waals surface area contributed by atoms with Crippen LogP contribution >= 0.6 is 0 Å². The first-order valence-corrected chi connectivity index (χ1v) is 3.59. The van der Waals surface area contributed by atoms with Crippen LogP contribution in [0.5, 0.6) is 0 Å². The molecule has 0 saturated carbocycles. The average Bonchev–Trinajstić information content (AvgIpc) is 1.83. The van der Waals surface area contributed by atoms with Crippen LogP contribution in [0, 0.1) is 11.5 Å². The smallest absolute Gasteiger partial charge is 0.844 e. The largest absolute Gasteiger partial charge is 1.00 e. The Balaban J connectivity index is 0. The van der Waals surface area contributed by atoms with Crippen molar-refractivity contribution in [2.75, 3.05) is 0 Å². The molecule has 1 atom stereocenters. The monoisotopic (exact) mass is 192 g/mol. The van der Waals surface area contributed by atoms with E-state index in [4.69, 9.17) is 0 Å². The molecule has 0 aromatic heterocycles. The van der Waals surface area contributed by atoms with Gasteiger partial charge in [-0.15, -0.1) is 0 Å². The Bertz CT molecular complexity index is 223. The van der Waals surface area contributed by atoms with Gasteiger partial charge >= 0.3 is 43.9 Å². The van der Waals surface area contributed by atoms with E-state index in [0.29, 0.717) is 6.42 Å². The van der Waals surface area contributed by atoms with Gasteiger partial charge in [0.05, 0.1) is 0 Å². The molecule has 1 nitrogen and oxygen atoms in total. The maximum Gasteiger partial charge on any atom is 1.00 e. The summed E-state index contributed by atoms with van der Waals surface area (Å²) < 4.78 is 35.7. The van der Waals surface area contributed by atoms with E-state index in [9.17, 15) is 18.3 Å². The molecule has 0 amide bonds. The van der Waals surface area contributed by atoms with Crippen molar-refractivity contribution in [3.05, 3.63) is 11.6 Å². The number of allylic oxidation sites excluding steroid dienone is 1. The van der Waals surface area contributed by atoms with E-state index < -0.39 is 17.7 Å². The molecule has 0 heterocycles. The second kappa shape index (κ2) is 5.15. The van der Waals surface area contributed by atoms with E-state index in [-0.39, 0.29) is 43.3 Å². The third-order valence-electron chi connectivity index (χ3n) is 2.01. The zero-order valence-corrected chi connectivity index (χ0v) is 8.83. The van der Waals surface area contributed by atoms with Crippen LogP contribution in [0.25, 0.3) is 0 Å². The topological polar surface area (TPSA) is 23.1 Å². The van der Waals surface area contributed by atoms with Crippen molar-refractivity contribution in [2.24, 2.45) is 5.41 Å². The Morgan fingerprint density at radius 2 is 1.79 bits per heavy atom.